The first-order valence-corrected chi connectivity index (χ1v) is 10.4. The van der Waals surface area contributed by atoms with Gasteiger partial charge in [0.2, 0.25) is 0 Å². The summed E-state index contributed by atoms with van der Waals surface area (Å²) in [6.07, 6.45) is 1.50. The van der Waals surface area contributed by atoms with Crippen molar-refractivity contribution in [3.8, 4) is 0 Å². The molecule has 0 radical (unpaired) electrons. The zero-order valence-electron chi connectivity index (χ0n) is 13.3. The Kier molecular flexibility index (Phi) is 5.46. The van der Waals surface area contributed by atoms with E-state index in [0.29, 0.717) is 5.69 Å². The summed E-state index contributed by atoms with van der Waals surface area (Å²) in [7, 11) is -7.19. The molecule has 0 aliphatic heterocycles. The van der Waals surface area contributed by atoms with Gasteiger partial charge in [-0.05, 0) is 36.4 Å². The minimum Gasteiger partial charge on any atom is -0.263 e. The van der Waals surface area contributed by atoms with Crippen molar-refractivity contribution in [1.29, 1.82) is 0 Å². The summed E-state index contributed by atoms with van der Waals surface area (Å²) in [4.78, 5) is 0.141. The monoisotopic (exact) mass is 365 g/mol. The van der Waals surface area contributed by atoms with Crippen LogP contribution in [0.3, 0.4) is 0 Å². The molecule has 0 aliphatic carbocycles. The fraction of sp³-hybridized carbons (Fsp3) is 0.176. The number of hydrogen-bond donors (Lipinski definition) is 0. The van der Waals surface area contributed by atoms with E-state index in [1.807, 2.05) is 0 Å². The Bertz CT molecular complexity index is 903. The van der Waals surface area contributed by atoms with Crippen molar-refractivity contribution in [2.75, 3.05) is 16.6 Å². The number of rotatable bonds is 7. The zero-order chi connectivity index (χ0) is 17.8. The molecule has 24 heavy (non-hydrogen) atoms. The molecule has 0 heterocycles. The third-order valence-electron chi connectivity index (χ3n) is 3.49. The van der Waals surface area contributed by atoms with Gasteiger partial charge in [0.05, 0.1) is 27.8 Å². The van der Waals surface area contributed by atoms with Crippen molar-refractivity contribution in [2.45, 2.75) is 16.7 Å². The lowest BCUT2D eigenvalue weighted by molar-refractivity contribution is 0.590. The smallest absolute Gasteiger partial charge is 0.263 e. The van der Waals surface area contributed by atoms with E-state index in [2.05, 4.69) is 6.58 Å². The molecule has 0 aliphatic rings. The second-order valence-corrected chi connectivity index (χ2v) is 9.18. The van der Waals surface area contributed by atoms with E-state index in [1.54, 1.807) is 37.3 Å². The lowest BCUT2D eigenvalue weighted by Crippen LogP contribution is -2.31. The number of anilines is 1. The second-order valence-electron chi connectivity index (χ2n) is 5.04. The minimum absolute atomic E-state index is 0.0308. The molecule has 2 rings (SSSR count). The van der Waals surface area contributed by atoms with Crippen molar-refractivity contribution < 1.29 is 16.8 Å². The van der Waals surface area contributed by atoms with Crippen LogP contribution in [0, 0.1) is 0 Å². The Morgan fingerprint density at radius 3 is 1.96 bits per heavy atom. The largest absolute Gasteiger partial charge is 0.264 e. The number of hydrogen-bond acceptors (Lipinski definition) is 4. The number of nitrogens with zero attached hydrogens (tertiary/aromatic N) is 1. The Morgan fingerprint density at radius 1 is 0.917 bits per heavy atom. The highest BCUT2D eigenvalue weighted by Crippen LogP contribution is 2.24. The van der Waals surface area contributed by atoms with E-state index in [9.17, 15) is 16.8 Å². The number of sulfone groups is 1. The van der Waals surface area contributed by atoms with Gasteiger partial charge >= 0.3 is 0 Å². The average Bonchev–Trinajstić information content (AvgIpc) is 2.60. The Balaban J connectivity index is 2.46. The third kappa shape index (κ3) is 3.68. The van der Waals surface area contributed by atoms with Gasteiger partial charge < -0.3 is 0 Å². The van der Waals surface area contributed by atoms with Crippen LogP contribution in [-0.2, 0) is 19.9 Å². The molecule has 5 nitrogen and oxygen atoms in total. The molecule has 128 valence electrons. The summed E-state index contributed by atoms with van der Waals surface area (Å²) in [6.45, 7) is 5.26. The van der Waals surface area contributed by atoms with Crippen LogP contribution in [0.4, 0.5) is 5.69 Å². The summed E-state index contributed by atoms with van der Waals surface area (Å²) in [6, 6.07) is 14.0. The van der Waals surface area contributed by atoms with Crippen LogP contribution >= 0.6 is 0 Å². The predicted octanol–water partition coefficient (Wildman–Crippen LogP) is 2.86. The van der Waals surface area contributed by atoms with Gasteiger partial charge in [-0.25, -0.2) is 16.8 Å². The molecule has 0 saturated heterocycles. The van der Waals surface area contributed by atoms with E-state index in [0.717, 1.165) is 0 Å². The van der Waals surface area contributed by atoms with E-state index < -0.39 is 19.9 Å². The van der Waals surface area contributed by atoms with Gasteiger partial charge in [0.25, 0.3) is 10.0 Å². The Hall–Kier alpha value is -2.12. The highest BCUT2D eigenvalue weighted by molar-refractivity contribution is 7.93. The maximum absolute atomic E-state index is 12.9. The third-order valence-corrected chi connectivity index (χ3v) is 7.05. The maximum Gasteiger partial charge on any atom is 0.264 e. The molecule has 0 saturated carbocycles. The molecule has 0 N–H and O–H groups in total. The molecule has 0 atom stereocenters. The van der Waals surface area contributed by atoms with E-state index in [1.165, 1.54) is 34.6 Å². The van der Waals surface area contributed by atoms with Crippen LogP contribution in [0.2, 0.25) is 0 Å². The van der Waals surface area contributed by atoms with Crippen molar-refractivity contribution >= 4 is 25.5 Å². The van der Waals surface area contributed by atoms with Gasteiger partial charge in [-0.15, -0.1) is 6.58 Å². The normalized spacial score (nSPS) is 11.9. The van der Waals surface area contributed by atoms with Gasteiger partial charge in [-0.3, -0.25) is 4.31 Å². The minimum atomic E-state index is -3.82. The van der Waals surface area contributed by atoms with Crippen LogP contribution < -0.4 is 4.31 Å². The standard InChI is InChI=1S/C17H19NO4S2/c1-3-14-18(15-8-6-5-7-9-15)24(21,22)17-12-10-16(11-13-17)23(19,20)4-2/h3,5-13H,1,4,14H2,2H3. The van der Waals surface area contributed by atoms with Crippen LogP contribution in [0.25, 0.3) is 0 Å². The number of benzene rings is 2. The highest BCUT2D eigenvalue weighted by Gasteiger charge is 2.24. The topological polar surface area (TPSA) is 71.5 Å². The summed E-state index contributed by atoms with van der Waals surface area (Å²) in [5.74, 6) is -0.0360. The summed E-state index contributed by atoms with van der Waals surface area (Å²) in [5.41, 5.74) is 0.516. The second kappa shape index (κ2) is 7.19. The van der Waals surface area contributed by atoms with Crippen LogP contribution in [0.5, 0.6) is 0 Å². The van der Waals surface area contributed by atoms with Gasteiger partial charge in [0.1, 0.15) is 0 Å². The van der Waals surface area contributed by atoms with Gasteiger partial charge in [0.15, 0.2) is 9.84 Å². The molecular weight excluding hydrogens is 346 g/mol. The van der Waals surface area contributed by atoms with Crippen LogP contribution in [0.15, 0.2) is 77.0 Å². The zero-order valence-corrected chi connectivity index (χ0v) is 14.9. The average molecular weight is 365 g/mol. The Labute approximate surface area is 143 Å². The summed E-state index contributed by atoms with van der Waals surface area (Å²) < 4.78 is 50.7. The summed E-state index contributed by atoms with van der Waals surface area (Å²) in [5, 5.41) is 0. The van der Waals surface area contributed by atoms with Gasteiger partial charge in [0, 0.05) is 0 Å². The van der Waals surface area contributed by atoms with Crippen LogP contribution in [-0.4, -0.2) is 29.1 Å². The Morgan fingerprint density at radius 2 is 1.46 bits per heavy atom. The van der Waals surface area contributed by atoms with Crippen molar-refractivity contribution in [1.82, 2.24) is 0 Å². The molecule has 0 spiro atoms. The number of sulfonamides is 1. The van der Waals surface area contributed by atoms with E-state index >= 15 is 0 Å². The summed E-state index contributed by atoms with van der Waals surface area (Å²) >= 11 is 0. The molecule has 2 aromatic rings. The first kappa shape index (κ1) is 18.2. The SMILES string of the molecule is C=CCN(c1ccccc1)S(=O)(=O)c1ccc(S(=O)(=O)CC)cc1. The van der Waals surface area contributed by atoms with Crippen molar-refractivity contribution in [3.05, 3.63) is 67.3 Å². The molecule has 2 aromatic carbocycles. The lowest BCUT2D eigenvalue weighted by Gasteiger charge is -2.23. The first-order chi connectivity index (χ1) is 11.3. The highest BCUT2D eigenvalue weighted by atomic mass is 32.2. The molecule has 0 fully saturated rings. The number of para-hydroxylation sites is 1. The maximum atomic E-state index is 12.9. The van der Waals surface area contributed by atoms with E-state index in [-0.39, 0.29) is 22.1 Å². The van der Waals surface area contributed by atoms with Gasteiger partial charge in [-0.2, -0.15) is 0 Å². The quantitative estimate of drug-likeness (QED) is 0.707. The first-order valence-electron chi connectivity index (χ1n) is 7.34. The fourth-order valence-electron chi connectivity index (χ4n) is 2.17. The molecule has 0 aromatic heterocycles. The van der Waals surface area contributed by atoms with E-state index in [4.69, 9.17) is 0 Å². The molecule has 0 unspecified atom stereocenters. The van der Waals surface area contributed by atoms with Crippen LogP contribution in [0.1, 0.15) is 6.92 Å². The molecule has 0 bridgehead atoms. The predicted molar refractivity (Wildman–Crippen MR) is 95.3 cm³/mol. The molecule has 0 amide bonds. The van der Waals surface area contributed by atoms with Gasteiger partial charge in [-0.1, -0.05) is 31.2 Å². The molecule has 7 heteroatoms. The van der Waals surface area contributed by atoms with Crippen molar-refractivity contribution in [2.24, 2.45) is 0 Å². The fourth-order valence-corrected chi connectivity index (χ4v) is 4.49. The lowest BCUT2D eigenvalue weighted by atomic mass is 10.3. The van der Waals surface area contributed by atoms with Crippen molar-refractivity contribution in [3.63, 3.8) is 0 Å². The molecular formula is C17H19NO4S2.